The van der Waals surface area contributed by atoms with Gasteiger partial charge in [-0.3, -0.25) is 0 Å². The van der Waals surface area contributed by atoms with Gasteiger partial charge in [0.15, 0.2) is 0 Å². The van der Waals surface area contributed by atoms with Crippen LogP contribution < -0.4 is 0 Å². The van der Waals surface area contributed by atoms with E-state index in [9.17, 15) is 8.42 Å². The number of piperidine rings is 1. The summed E-state index contributed by atoms with van der Waals surface area (Å²) in [5.41, 5.74) is 0.282. The SMILES string of the molecule is CC1CC(C)C(C)N(S(=O)(=O)c2ccc(C#N)c(Cl)c2)C1. The molecule has 1 aliphatic rings. The highest BCUT2D eigenvalue weighted by Crippen LogP contribution is 2.32. The predicted molar refractivity (Wildman–Crippen MR) is 82.5 cm³/mol. The largest absolute Gasteiger partial charge is 0.243 e. The smallest absolute Gasteiger partial charge is 0.207 e. The molecule has 6 heteroatoms. The first kappa shape index (κ1) is 16.3. The Morgan fingerprint density at radius 1 is 1.33 bits per heavy atom. The maximum Gasteiger partial charge on any atom is 0.243 e. The highest BCUT2D eigenvalue weighted by atomic mass is 35.5. The van der Waals surface area contributed by atoms with Gasteiger partial charge in [-0.15, -0.1) is 0 Å². The van der Waals surface area contributed by atoms with Gasteiger partial charge in [-0.2, -0.15) is 9.57 Å². The molecule has 0 amide bonds. The molecule has 0 bridgehead atoms. The molecule has 0 spiro atoms. The number of nitriles is 1. The van der Waals surface area contributed by atoms with Crippen LogP contribution in [0.4, 0.5) is 0 Å². The Hall–Kier alpha value is -1.09. The minimum Gasteiger partial charge on any atom is -0.207 e. The van der Waals surface area contributed by atoms with E-state index < -0.39 is 10.0 Å². The van der Waals surface area contributed by atoms with Crippen LogP contribution in [0.25, 0.3) is 0 Å². The molecule has 0 aliphatic carbocycles. The van der Waals surface area contributed by atoms with Crippen LogP contribution in [0.5, 0.6) is 0 Å². The minimum atomic E-state index is -3.59. The van der Waals surface area contributed by atoms with Crippen molar-refractivity contribution in [2.75, 3.05) is 6.54 Å². The molecule has 3 unspecified atom stereocenters. The molecule has 1 aromatic rings. The van der Waals surface area contributed by atoms with E-state index in [1.54, 1.807) is 4.31 Å². The molecule has 1 aliphatic heterocycles. The predicted octanol–water partition coefficient (Wildman–Crippen LogP) is 3.27. The summed E-state index contributed by atoms with van der Waals surface area (Å²) in [4.78, 5) is 0.152. The van der Waals surface area contributed by atoms with E-state index in [-0.39, 0.29) is 21.5 Å². The van der Waals surface area contributed by atoms with E-state index in [2.05, 4.69) is 13.8 Å². The summed E-state index contributed by atoms with van der Waals surface area (Å²) in [6.07, 6.45) is 1.03. The van der Waals surface area contributed by atoms with Crippen molar-refractivity contribution in [1.82, 2.24) is 4.31 Å². The van der Waals surface area contributed by atoms with Gasteiger partial charge in [-0.05, 0) is 43.4 Å². The highest BCUT2D eigenvalue weighted by molar-refractivity contribution is 7.89. The molecule has 0 aromatic heterocycles. The molecule has 0 saturated carbocycles. The number of nitrogens with zero attached hydrogens (tertiary/aromatic N) is 2. The number of benzene rings is 1. The normalized spacial score (nSPS) is 27.3. The molecule has 2 rings (SSSR count). The van der Waals surface area contributed by atoms with Crippen LogP contribution in [-0.2, 0) is 10.0 Å². The second-order valence-corrected chi connectivity index (χ2v) is 8.18. The molecule has 0 N–H and O–H groups in total. The summed E-state index contributed by atoms with van der Waals surface area (Å²) in [6.45, 7) is 6.61. The standard InChI is InChI=1S/C15H19ClN2O2S/c1-10-6-11(2)12(3)18(9-10)21(19,20)14-5-4-13(8-17)15(16)7-14/h4-5,7,10-12H,6,9H2,1-3H3. The summed E-state index contributed by atoms with van der Waals surface area (Å²) in [6, 6.07) is 6.17. The monoisotopic (exact) mass is 326 g/mol. The molecular weight excluding hydrogens is 308 g/mol. The molecule has 1 saturated heterocycles. The van der Waals surface area contributed by atoms with Crippen molar-refractivity contribution in [3.8, 4) is 6.07 Å². The van der Waals surface area contributed by atoms with Gasteiger partial charge >= 0.3 is 0 Å². The third-order valence-electron chi connectivity index (χ3n) is 4.21. The summed E-state index contributed by atoms with van der Waals surface area (Å²) < 4.78 is 27.2. The van der Waals surface area contributed by atoms with Gasteiger partial charge in [0.1, 0.15) is 6.07 Å². The molecule has 0 radical (unpaired) electrons. The lowest BCUT2D eigenvalue weighted by molar-refractivity contribution is 0.157. The molecule has 3 atom stereocenters. The molecule has 1 heterocycles. The van der Waals surface area contributed by atoms with Gasteiger partial charge in [0.05, 0.1) is 15.5 Å². The number of hydrogen-bond donors (Lipinski definition) is 0. The van der Waals surface area contributed by atoms with Crippen molar-refractivity contribution in [1.29, 1.82) is 5.26 Å². The maximum atomic E-state index is 12.8. The number of halogens is 1. The third-order valence-corrected chi connectivity index (χ3v) is 6.47. The van der Waals surface area contributed by atoms with E-state index in [1.807, 2.05) is 13.0 Å². The quantitative estimate of drug-likeness (QED) is 0.838. The van der Waals surface area contributed by atoms with Gasteiger partial charge in [0, 0.05) is 12.6 Å². The van der Waals surface area contributed by atoms with Crippen molar-refractivity contribution in [2.45, 2.75) is 38.1 Å². The number of rotatable bonds is 2. The zero-order chi connectivity index (χ0) is 15.8. The van der Waals surface area contributed by atoms with Crippen LogP contribution in [0.1, 0.15) is 32.8 Å². The van der Waals surface area contributed by atoms with Crippen LogP contribution in [0.15, 0.2) is 23.1 Å². The molecule has 4 nitrogen and oxygen atoms in total. The van der Waals surface area contributed by atoms with Crippen LogP contribution in [-0.4, -0.2) is 25.3 Å². The van der Waals surface area contributed by atoms with E-state index in [0.717, 1.165) is 6.42 Å². The highest BCUT2D eigenvalue weighted by Gasteiger charge is 2.37. The lowest BCUT2D eigenvalue weighted by atomic mass is 9.88. The summed E-state index contributed by atoms with van der Waals surface area (Å²) in [5, 5.41) is 9.05. The van der Waals surface area contributed by atoms with E-state index in [4.69, 9.17) is 16.9 Å². The lowest BCUT2D eigenvalue weighted by Gasteiger charge is -2.40. The Kier molecular flexibility index (Phi) is 4.62. The second kappa shape index (κ2) is 5.96. The van der Waals surface area contributed by atoms with Crippen molar-refractivity contribution in [2.24, 2.45) is 11.8 Å². The van der Waals surface area contributed by atoms with Crippen LogP contribution in [0, 0.1) is 23.2 Å². The fourth-order valence-electron chi connectivity index (χ4n) is 2.86. The van der Waals surface area contributed by atoms with Gasteiger partial charge in [-0.25, -0.2) is 8.42 Å². The molecule has 21 heavy (non-hydrogen) atoms. The van der Waals surface area contributed by atoms with Gasteiger partial charge < -0.3 is 0 Å². The van der Waals surface area contributed by atoms with Crippen LogP contribution in [0.2, 0.25) is 5.02 Å². The Morgan fingerprint density at radius 3 is 2.57 bits per heavy atom. The van der Waals surface area contributed by atoms with Crippen molar-refractivity contribution in [3.63, 3.8) is 0 Å². The fraction of sp³-hybridized carbons (Fsp3) is 0.533. The van der Waals surface area contributed by atoms with E-state index >= 15 is 0 Å². The average Bonchev–Trinajstić information content (AvgIpc) is 2.42. The Balaban J connectivity index is 2.42. The topological polar surface area (TPSA) is 61.2 Å². The third kappa shape index (κ3) is 3.08. The summed E-state index contributed by atoms with van der Waals surface area (Å²) in [5.74, 6) is 0.650. The fourth-order valence-corrected chi connectivity index (χ4v) is 5.02. The lowest BCUT2D eigenvalue weighted by Crippen LogP contribution is -2.48. The van der Waals surface area contributed by atoms with Crippen molar-refractivity contribution < 1.29 is 8.42 Å². The first-order chi connectivity index (χ1) is 9.77. The molecule has 1 fully saturated rings. The Labute approximate surface area is 131 Å². The van der Waals surface area contributed by atoms with Gasteiger partial charge in [0.2, 0.25) is 10.0 Å². The maximum absolute atomic E-state index is 12.8. The van der Waals surface area contributed by atoms with Crippen LogP contribution in [0.3, 0.4) is 0 Å². The zero-order valence-electron chi connectivity index (χ0n) is 12.4. The Morgan fingerprint density at radius 2 is 2.00 bits per heavy atom. The average molecular weight is 327 g/mol. The van der Waals surface area contributed by atoms with E-state index in [1.165, 1.54) is 18.2 Å². The first-order valence-corrected chi connectivity index (χ1v) is 8.80. The molecule has 1 aromatic carbocycles. The Bertz CT molecular complexity index is 681. The van der Waals surface area contributed by atoms with Crippen LogP contribution >= 0.6 is 11.6 Å². The van der Waals surface area contributed by atoms with Gasteiger partial charge in [0.25, 0.3) is 0 Å². The van der Waals surface area contributed by atoms with E-state index in [0.29, 0.717) is 18.4 Å². The summed E-state index contributed by atoms with van der Waals surface area (Å²) >= 11 is 5.96. The number of sulfonamides is 1. The van der Waals surface area contributed by atoms with Crippen molar-refractivity contribution in [3.05, 3.63) is 28.8 Å². The first-order valence-electron chi connectivity index (χ1n) is 6.99. The molecular formula is C15H19ClN2O2S. The van der Waals surface area contributed by atoms with Gasteiger partial charge in [-0.1, -0.05) is 25.4 Å². The molecule has 114 valence electrons. The van der Waals surface area contributed by atoms with Crippen molar-refractivity contribution >= 4 is 21.6 Å². The second-order valence-electron chi connectivity index (χ2n) is 5.89. The number of hydrogen-bond acceptors (Lipinski definition) is 3. The zero-order valence-corrected chi connectivity index (χ0v) is 13.9. The minimum absolute atomic E-state index is 0.0411. The summed E-state index contributed by atoms with van der Waals surface area (Å²) in [7, 11) is -3.59.